The van der Waals surface area contributed by atoms with E-state index in [1.807, 2.05) is 30.3 Å². The van der Waals surface area contributed by atoms with Crippen LogP contribution < -0.4 is 0 Å². The minimum Gasteiger partial charge on any atom is -0.480 e. The predicted octanol–water partition coefficient (Wildman–Crippen LogP) is 1.83. The van der Waals surface area contributed by atoms with Gasteiger partial charge in [0.25, 0.3) is 0 Å². The van der Waals surface area contributed by atoms with E-state index in [-0.39, 0.29) is 0 Å². The van der Waals surface area contributed by atoms with Gasteiger partial charge in [0.2, 0.25) is 0 Å². The Labute approximate surface area is 96.9 Å². The molecule has 2 atom stereocenters. The number of hydrogen-bond donors (Lipinski definition) is 2. The summed E-state index contributed by atoms with van der Waals surface area (Å²) in [7, 11) is 0. The molecule has 0 saturated carbocycles. The summed E-state index contributed by atoms with van der Waals surface area (Å²) < 4.78 is 0. The van der Waals surface area contributed by atoms with E-state index >= 15 is 0 Å². The first-order chi connectivity index (χ1) is 7.11. The fourth-order valence-corrected chi connectivity index (χ4v) is 1.53. The average Bonchev–Trinajstić information content (AvgIpc) is 2.26. The van der Waals surface area contributed by atoms with E-state index in [4.69, 9.17) is 5.11 Å². The summed E-state index contributed by atoms with van der Waals surface area (Å²) in [5.74, 6) is -1.03. The van der Waals surface area contributed by atoms with Crippen molar-refractivity contribution >= 4 is 21.9 Å². The highest BCUT2D eigenvalue weighted by atomic mass is 79.9. The molecule has 0 fully saturated rings. The quantitative estimate of drug-likeness (QED) is 0.805. The number of aliphatic carboxylic acids is 1. The van der Waals surface area contributed by atoms with Crippen LogP contribution in [0.5, 0.6) is 0 Å². The average molecular weight is 273 g/mol. The molecule has 0 heterocycles. The number of aliphatic hydroxyl groups is 1. The first-order valence-corrected chi connectivity index (χ1v) is 5.61. The second kappa shape index (κ2) is 5.88. The molecule has 0 aliphatic rings. The third-order valence-corrected chi connectivity index (χ3v) is 3.15. The number of rotatable bonds is 5. The minimum absolute atomic E-state index is 0.437. The Kier molecular flexibility index (Phi) is 4.78. The van der Waals surface area contributed by atoms with Crippen LogP contribution in [0.1, 0.15) is 12.0 Å². The molecule has 0 aromatic heterocycles. The van der Waals surface area contributed by atoms with Gasteiger partial charge in [0.05, 0.1) is 6.10 Å². The lowest BCUT2D eigenvalue weighted by molar-refractivity contribution is -0.138. The zero-order chi connectivity index (χ0) is 11.3. The van der Waals surface area contributed by atoms with E-state index in [0.717, 1.165) is 5.56 Å². The first-order valence-electron chi connectivity index (χ1n) is 4.70. The van der Waals surface area contributed by atoms with Crippen LogP contribution in [0, 0.1) is 0 Å². The number of hydrogen-bond acceptors (Lipinski definition) is 2. The van der Waals surface area contributed by atoms with Gasteiger partial charge in [0.15, 0.2) is 0 Å². The molecule has 1 rings (SSSR count). The fraction of sp³-hybridized carbons (Fsp3) is 0.364. The lowest BCUT2D eigenvalue weighted by Gasteiger charge is -2.12. The normalized spacial score (nSPS) is 14.5. The van der Waals surface area contributed by atoms with Gasteiger partial charge in [-0.05, 0) is 18.4 Å². The van der Waals surface area contributed by atoms with Crippen LogP contribution in [0.25, 0.3) is 0 Å². The molecule has 3 nitrogen and oxygen atoms in total. The van der Waals surface area contributed by atoms with E-state index < -0.39 is 16.9 Å². The molecule has 82 valence electrons. The maximum atomic E-state index is 10.5. The van der Waals surface area contributed by atoms with Gasteiger partial charge < -0.3 is 10.2 Å². The van der Waals surface area contributed by atoms with E-state index in [2.05, 4.69) is 15.9 Å². The van der Waals surface area contributed by atoms with Crippen LogP contribution in [-0.2, 0) is 11.2 Å². The molecule has 15 heavy (non-hydrogen) atoms. The fourth-order valence-electron chi connectivity index (χ4n) is 1.27. The highest BCUT2D eigenvalue weighted by Crippen LogP contribution is 2.12. The van der Waals surface area contributed by atoms with Gasteiger partial charge >= 0.3 is 5.97 Å². The number of aliphatic hydroxyl groups excluding tert-OH is 1. The molecule has 4 heteroatoms. The smallest absolute Gasteiger partial charge is 0.319 e. The van der Waals surface area contributed by atoms with Gasteiger partial charge in [-0.25, -0.2) is 0 Å². The molecule has 0 bridgehead atoms. The summed E-state index contributed by atoms with van der Waals surface area (Å²) in [6, 6.07) is 9.67. The van der Waals surface area contributed by atoms with E-state index in [0.29, 0.717) is 12.8 Å². The van der Waals surface area contributed by atoms with Crippen molar-refractivity contribution in [3.63, 3.8) is 0 Å². The molecule has 0 aliphatic heterocycles. The van der Waals surface area contributed by atoms with Gasteiger partial charge in [0.1, 0.15) is 4.83 Å². The first kappa shape index (κ1) is 12.2. The summed E-state index contributed by atoms with van der Waals surface area (Å²) in [5.41, 5.74) is 1.10. The predicted molar refractivity (Wildman–Crippen MR) is 61.1 cm³/mol. The van der Waals surface area contributed by atoms with Crippen molar-refractivity contribution in [1.82, 2.24) is 0 Å². The standard InChI is InChI=1S/C11H13BrO3/c12-10(11(14)15)9(13)7-6-8-4-2-1-3-5-8/h1-5,9-10,13H,6-7H2,(H,14,15)/t9-,10-/m1/s1. The zero-order valence-corrected chi connectivity index (χ0v) is 9.72. The zero-order valence-electron chi connectivity index (χ0n) is 8.14. The summed E-state index contributed by atoms with van der Waals surface area (Å²) in [4.78, 5) is 9.66. The molecule has 0 aliphatic carbocycles. The minimum atomic E-state index is -1.03. The molecular formula is C11H13BrO3. The molecule has 0 unspecified atom stereocenters. The van der Waals surface area contributed by atoms with Gasteiger partial charge in [-0.15, -0.1) is 0 Å². The Morgan fingerprint density at radius 3 is 2.47 bits per heavy atom. The van der Waals surface area contributed by atoms with Crippen LogP contribution in [0.2, 0.25) is 0 Å². The lowest BCUT2D eigenvalue weighted by Crippen LogP contribution is -2.28. The Balaban J connectivity index is 2.41. The van der Waals surface area contributed by atoms with Crippen molar-refractivity contribution in [3.05, 3.63) is 35.9 Å². The molecule has 0 amide bonds. The third-order valence-electron chi connectivity index (χ3n) is 2.15. The molecular weight excluding hydrogens is 260 g/mol. The maximum absolute atomic E-state index is 10.5. The van der Waals surface area contributed by atoms with Gasteiger partial charge in [-0.3, -0.25) is 4.79 Å². The molecule has 2 N–H and O–H groups in total. The highest BCUT2D eigenvalue weighted by Gasteiger charge is 2.22. The number of alkyl halides is 1. The monoisotopic (exact) mass is 272 g/mol. The second-order valence-corrected chi connectivity index (χ2v) is 4.32. The summed E-state index contributed by atoms with van der Waals surface area (Å²) in [6.07, 6.45) is 0.256. The summed E-state index contributed by atoms with van der Waals surface area (Å²) >= 11 is 2.93. The number of halogens is 1. The second-order valence-electron chi connectivity index (χ2n) is 3.33. The van der Waals surface area contributed by atoms with Crippen molar-refractivity contribution in [2.24, 2.45) is 0 Å². The van der Waals surface area contributed by atoms with Crippen LogP contribution in [-0.4, -0.2) is 27.1 Å². The number of carbonyl (C=O) groups is 1. The van der Waals surface area contributed by atoms with Crippen molar-refractivity contribution in [1.29, 1.82) is 0 Å². The van der Waals surface area contributed by atoms with Crippen molar-refractivity contribution < 1.29 is 15.0 Å². The van der Waals surface area contributed by atoms with Crippen molar-refractivity contribution in [2.45, 2.75) is 23.8 Å². The molecule has 1 aromatic rings. The van der Waals surface area contributed by atoms with Crippen LogP contribution in [0.4, 0.5) is 0 Å². The summed E-state index contributed by atoms with van der Waals surface area (Å²) in [5, 5.41) is 18.2. The van der Waals surface area contributed by atoms with Gasteiger partial charge in [-0.2, -0.15) is 0 Å². The molecule has 1 aromatic carbocycles. The van der Waals surface area contributed by atoms with Crippen molar-refractivity contribution in [2.75, 3.05) is 0 Å². The number of carboxylic acids is 1. The van der Waals surface area contributed by atoms with Gasteiger partial charge in [-0.1, -0.05) is 46.3 Å². The maximum Gasteiger partial charge on any atom is 0.319 e. The Hall–Kier alpha value is -0.870. The topological polar surface area (TPSA) is 57.5 Å². The largest absolute Gasteiger partial charge is 0.480 e. The third kappa shape index (κ3) is 4.01. The number of aryl methyl sites for hydroxylation is 1. The molecule has 0 saturated heterocycles. The van der Waals surface area contributed by atoms with Crippen LogP contribution >= 0.6 is 15.9 Å². The number of carboxylic acid groups (broad SMARTS) is 1. The van der Waals surface area contributed by atoms with E-state index in [9.17, 15) is 9.90 Å². The van der Waals surface area contributed by atoms with Gasteiger partial charge in [0, 0.05) is 0 Å². The van der Waals surface area contributed by atoms with Crippen LogP contribution in [0.15, 0.2) is 30.3 Å². The van der Waals surface area contributed by atoms with Crippen molar-refractivity contribution in [3.8, 4) is 0 Å². The van der Waals surface area contributed by atoms with E-state index in [1.54, 1.807) is 0 Å². The Morgan fingerprint density at radius 1 is 1.33 bits per heavy atom. The highest BCUT2D eigenvalue weighted by molar-refractivity contribution is 9.10. The molecule has 0 radical (unpaired) electrons. The Morgan fingerprint density at radius 2 is 1.93 bits per heavy atom. The number of benzene rings is 1. The lowest BCUT2D eigenvalue weighted by atomic mass is 10.1. The SMILES string of the molecule is O=C(O)[C@H](Br)[C@H](O)CCc1ccccc1. The summed E-state index contributed by atoms with van der Waals surface area (Å²) in [6.45, 7) is 0. The molecule has 0 spiro atoms. The van der Waals surface area contributed by atoms with E-state index in [1.165, 1.54) is 0 Å². The Bertz CT molecular complexity index is 313. The van der Waals surface area contributed by atoms with Crippen LogP contribution in [0.3, 0.4) is 0 Å².